The lowest BCUT2D eigenvalue weighted by Gasteiger charge is -2.33. The Balaban J connectivity index is 1.47. The number of piperidine rings is 1. The summed E-state index contributed by atoms with van der Waals surface area (Å²) in [6.45, 7) is 7.78. The molecule has 0 spiro atoms. The number of hydrogen-bond acceptors (Lipinski definition) is 5. The van der Waals surface area contributed by atoms with Crippen molar-refractivity contribution in [1.29, 1.82) is 0 Å². The van der Waals surface area contributed by atoms with Crippen LogP contribution in [-0.4, -0.2) is 43.6 Å². The van der Waals surface area contributed by atoms with Crippen LogP contribution in [-0.2, 0) is 16.6 Å². The fraction of sp³-hybridized carbons (Fsp3) is 0.667. The van der Waals surface area contributed by atoms with Crippen LogP contribution in [0.25, 0.3) is 0 Å². The Bertz CT molecular complexity index is 687. The molecule has 3 heterocycles. The molecular weight excluding hydrogens is 318 g/mol. The number of hydrogen-bond donors (Lipinski definition) is 0. The molecule has 2 aromatic heterocycles. The molecule has 1 aliphatic heterocycles. The molecule has 0 bridgehead atoms. The van der Waals surface area contributed by atoms with E-state index in [0.717, 1.165) is 32.4 Å². The number of amides is 1. The minimum absolute atomic E-state index is 0.117. The van der Waals surface area contributed by atoms with Crippen molar-refractivity contribution in [3.63, 3.8) is 0 Å². The lowest BCUT2D eigenvalue weighted by molar-refractivity contribution is -0.132. The van der Waals surface area contributed by atoms with Gasteiger partial charge in [-0.1, -0.05) is 25.9 Å². The van der Waals surface area contributed by atoms with Gasteiger partial charge in [-0.25, -0.2) is 4.98 Å². The number of rotatable bonds is 5. The van der Waals surface area contributed by atoms with Crippen LogP contribution in [0.4, 0.5) is 0 Å². The Morgan fingerprint density at radius 1 is 1.40 bits per heavy atom. The summed E-state index contributed by atoms with van der Waals surface area (Å²) in [5, 5.41) is 4.02. The summed E-state index contributed by atoms with van der Waals surface area (Å²) in [6.07, 6.45) is 9.62. The van der Waals surface area contributed by atoms with Gasteiger partial charge in [0.2, 0.25) is 11.8 Å². The number of nitrogens with zero attached hydrogens (tertiary/aromatic N) is 5. The Kier molecular flexibility index (Phi) is 5.20. The Labute approximate surface area is 148 Å². The van der Waals surface area contributed by atoms with E-state index in [0.29, 0.717) is 30.6 Å². The number of aryl methyl sites for hydroxylation is 1. The lowest BCUT2D eigenvalue weighted by atomic mass is 9.96. The highest BCUT2D eigenvalue weighted by Crippen LogP contribution is 2.22. The summed E-state index contributed by atoms with van der Waals surface area (Å²) >= 11 is 0. The molecule has 3 rings (SSSR count). The van der Waals surface area contributed by atoms with Crippen molar-refractivity contribution in [2.24, 2.45) is 0 Å². The molecule has 0 N–H and O–H groups in total. The maximum atomic E-state index is 12.5. The molecule has 1 saturated heterocycles. The van der Waals surface area contributed by atoms with Crippen LogP contribution < -0.4 is 0 Å². The third-order valence-electron chi connectivity index (χ3n) is 4.62. The van der Waals surface area contributed by atoms with Crippen LogP contribution >= 0.6 is 0 Å². The molecule has 0 aliphatic carbocycles. The summed E-state index contributed by atoms with van der Waals surface area (Å²) in [6, 6.07) is 0.338. The second-order valence-corrected chi connectivity index (χ2v) is 7.76. The molecule has 0 aromatic carbocycles. The standard InChI is InChI=1S/C18H27N5O2/c1-18(2,3)17-20-15(25-21-17)7-4-8-16(24)22-10-5-6-14(12-22)23-11-9-19-13-23/h9,11,13-14H,4-8,10,12H2,1-3H3. The normalized spacial score (nSPS) is 18.5. The highest BCUT2D eigenvalue weighted by molar-refractivity contribution is 5.76. The SMILES string of the molecule is CC(C)(C)c1noc(CCCC(=O)N2CCCC(n3ccnc3)C2)n1. The zero-order valence-electron chi connectivity index (χ0n) is 15.3. The average Bonchev–Trinajstić information content (AvgIpc) is 3.26. The van der Waals surface area contributed by atoms with E-state index in [-0.39, 0.29) is 11.3 Å². The number of carbonyl (C=O) groups excluding carboxylic acids is 1. The first-order valence-corrected chi connectivity index (χ1v) is 9.02. The molecule has 1 unspecified atom stereocenters. The smallest absolute Gasteiger partial charge is 0.226 e. The summed E-state index contributed by atoms with van der Waals surface area (Å²) < 4.78 is 7.39. The van der Waals surface area contributed by atoms with Crippen LogP contribution in [0.5, 0.6) is 0 Å². The summed E-state index contributed by atoms with van der Waals surface area (Å²) in [4.78, 5) is 23.0. The second kappa shape index (κ2) is 7.37. The van der Waals surface area contributed by atoms with E-state index >= 15 is 0 Å². The van der Waals surface area contributed by atoms with Gasteiger partial charge in [-0.2, -0.15) is 4.98 Å². The molecular formula is C18H27N5O2. The van der Waals surface area contributed by atoms with Gasteiger partial charge in [-0.15, -0.1) is 0 Å². The molecule has 1 fully saturated rings. The van der Waals surface area contributed by atoms with Crippen molar-refractivity contribution < 1.29 is 9.32 Å². The van der Waals surface area contributed by atoms with Crippen LogP contribution in [0.15, 0.2) is 23.2 Å². The highest BCUT2D eigenvalue weighted by Gasteiger charge is 2.24. The van der Waals surface area contributed by atoms with Gasteiger partial charge >= 0.3 is 0 Å². The minimum atomic E-state index is -0.117. The van der Waals surface area contributed by atoms with Crippen molar-refractivity contribution in [2.75, 3.05) is 13.1 Å². The van der Waals surface area contributed by atoms with Gasteiger partial charge in [0.15, 0.2) is 5.82 Å². The van der Waals surface area contributed by atoms with Gasteiger partial charge in [0.25, 0.3) is 0 Å². The van der Waals surface area contributed by atoms with E-state index in [1.54, 1.807) is 6.20 Å². The Morgan fingerprint density at radius 3 is 2.92 bits per heavy atom. The molecule has 1 aliphatic rings. The third kappa shape index (κ3) is 4.46. The molecule has 25 heavy (non-hydrogen) atoms. The fourth-order valence-corrected chi connectivity index (χ4v) is 3.12. The van der Waals surface area contributed by atoms with Gasteiger partial charge in [0, 0.05) is 43.7 Å². The molecule has 1 atom stereocenters. The minimum Gasteiger partial charge on any atom is -0.341 e. The van der Waals surface area contributed by atoms with Gasteiger partial charge in [0.05, 0.1) is 12.4 Å². The highest BCUT2D eigenvalue weighted by atomic mass is 16.5. The predicted molar refractivity (Wildman–Crippen MR) is 93.0 cm³/mol. The van der Waals surface area contributed by atoms with Gasteiger partial charge in [-0.3, -0.25) is 4.79 Å². The zero-order chi connectivity index (χ0) is 17.9. The van der Waals surface area contributed by atoms with Crippen LogP contribution in [0.1, 0.15) is 64.2 Å². The van der Waals surface area contributed by atoms with E-state index in [4.69, 9.17) is 4.52 Å². The van der Waals surface area contributed by atoms with E-state index in [9.17, 15) is 4.79 Å². The molecule has 1 amide bonds. The number of imidazole rings is 1. The number of likely N-dealkylation sites (tertiary alicyclic amines) is 1. The first kappa shape index (κ1) is 17.6. The summed E-state index contributed by atoms with van der Waals surface area (Å²) in [7, 11) is 0. The third-order valence-corrected chi connectivity index (χ3v) is 4.62. The van der Waals surface area contributed by atoms with Gasteiger partial charge in [-0.05, 0) is 19.3 Å². The predicted octanol–water partition coefficient (Wildman–Crippen LogP) is 2.75. The lowest BCUT2D eigenvalue weighted by Crippen LogP contribution is -2.40. The monoisotopic (exact) mass is 345 g/mol. The molecule has 7 nitrogen and oxygen atoms in total. The van der Waals surface area contributed by atoms with Crippen LogP contribution in [0.3, 0.4) is 0 Å². The largest absolute Gasteiger partial charge is 0.341 e. The van der Waals surface area contributed by atoms with Crippen molar-refractivity contribution in [3.8, 4) is 0 Å². The van der Waals surface area contributed by atoms with E-state index in [1.165, 1.54) is 0 Å². The first-order chi connectivity index (χ1) is 11.9. The second-order valence-electron chi connectivity index (χ2n) is 7.76. The first-order valence-electron chi connectivity index (χ1n) is 9.02. The van der Waals surface area contributed by atoms with E-state index < -0.39 is 0 Å². The van der Waals surface area contributed by atoms with Crippen molar-refractivity contribution in [3.05, 3.63) is 30.4 Å². The maximum absolute atomic E-state index is 12.5. The number of aromatic nitrogens is 4. The van der Waals surface area contributed by atoms with Crippen molar-refractivity contribution >= 4 is 5.91 Å². The zero-order valence-corrected chi connectivity index (χ0v) is 15.3. The van der Waals surface area contributed by atoms with Crippen LogP contribution in [0, 0.1) is 0 Å². The molecule has 7 heteroatoms. The van der Waals surface area contributed by atoms with Gasteiger partial charge < -0.3 is 14.0 Å². The van der Waals surface area contributed by atoms with Crippen LogP contribution in [0.2, 0.25) is 0 Å². The quantitative estimate of drug-likeness (QED) is 0.833. The van der Waals surface area contributed by atoms with E-state index in [2.05, 4.69) is 40.5 Å². The van der Waals surface area contributed by atoms with Crippen molar-refractivity contribution in [1.82, 2.24) is 24.6 Å². The molecule has 136 valence electrons. The van der Waals surface area contributed by atoms with Crippen molar-refractivity contribution in [2.45, 2.75) is 64.3 Å². The molecule has 0 radical (unpaired) electrons. The Hall–Kier alpha value is -2.18. The maximum Gasteiger partial charge on any atom is 0.226 e. The summed E-state index contributed by atoms with van der Waals surface area (Å²) in [5.41, 5.74) is -0.117. The number of carbonyl (C=O) groups is 1. The van der Waals surface area contributed by atoms with Gasteiger partial charge in [0.1, 0.15) is 0 Å². The topological polar surface area (TPSA) is 77.0 Å². The molecule has 0 saturated carbocycles. The summed E-state index contributed by atoms with van der Waals surface area (Å²) in [5.74, 6) is 1.54. The fourth-order valence-electron chi connectivity index (χ4n) is 3.12. The van der Waals surface area contributed by atoms with E-state index in [1.807, 2.05) is 17.4 Å². The Morgan fingerprint density at radius 2 is 2.24 bits per heavy atom. The average molecular weight is 345 g/mol. The molecule has 2 aromatic rings.